The first-order chi connectivity index (χ1) is 10.0. The van der Waals surface area contributed by atoms with Crippen LogP contribution in [0.5, 0.6) is 11.5 Å². The van der Waals surface area contributed by atoms with Gasteiger partial charge in [-0.3, -0.25) is 4.90 Å². The molecule has 2 bridgehead atoms. The van der Waals surface area contributed by atoms with E-state index in [2.05, 4.69) is 5.32 Å². The summed E-state index contributed by atoms with van der Waals surface area (Å²) in [4.78, 5) is 14.3. The van der Waals surface area contributed by atoms with Crippen LogP contribution in [0.2, 0.25) is 0 Å². The topological polar surface area (TPSA) is 50.8 Å². The van der Waals surface area contributed by atoms with E-state index in [4.69, 9.17) is 9.47 Å². The minimum atomic E-state index is -0.556. The highest BCUT2D eigenvalue weighted by Gasteiger charge is 2.54. The Hall–Kier alpha value is -1.91. The highest BCUT2D eigenvalue weighted by molar-refractivity contribution is 5.78. The zero-order valence-corrected chi connectivity index (χ0v) is 12.6. The molecule has 2 aliphatic heterocycles. The Kier molecular flexibility index (Phi) is 2.47. The van der Waals surface area contributed by atoms with Gasteiger partial charge in [-0.15, -0.1) is 0 Å². The molecule has 2 unspecified atom stereocenters. The van der Waals surface area contributed by atoms with E-state index in [1.54, 1.807) is 7.11 Å². The average Bonchev–Trinajstić information content (AvgIpc) is 3.20. The molecule has 5 heteroatoms. The predicted molar refractivity (Wildman–Crippen MR) is 77.5 cm³/mol. The Labute approximate surface area is 124 Å². The first-order valence-electron chi connectivity index (χ1n) is 7.49. The zero-order valence-electron chi connectivity index (χ0n) is 12.6. The van der Waals surface area contributed by atoms with Gasteiger partial charge in [-0.1, -0.05) is 0 Å². The van der Waals surface area contributed by atoms with Crippen LogP contribution in [0.25, 0.3) is 0 Å². The number of urea groups is 1. The maximum atomic E-state index is 12.4. The van der Waals surface area contributed by atoms with Crippen LogP contribution in [0.3, 0.4) is 0 Å². The number of benzene rings is 1. The number of hydrogen-bond donors (Lipinski definition) is 1. The number of hydrogen-bond acceptors (Lipinski definition) is 3. The van der Waals surface area contributed by atoms with Crippen molar-refractivity contribution in [3.63, 3.8) is 0 Å². The van der Waals surface area contributed by atoms with Crippen LogP contribution in [0, 0.1) is 6.92 Å². The molecule has 1 aliphatic carbocycles. The molecule has 2 amide bonds. The molecule has 3 aliphatic rings. The van der Waals surface area contributed by atoms with E-state index < -0.39 is 5.72 Å². The smallest absolute Gasteiger partial charge is 0.321 e. The number of methoxy groups -OCH3 is 1. The average molecular weight is 288 g/mol. The van der Waals surface area contributed by atoms with E-state index in [9.17, 15) is 4.79 Å². The number of amides is 2. The number of nitrogens with one attached hydrogen (secondary N) is 1. The summed E-state index contributed by atoms with van der Waals surface area (Å²) in [7, 11) is 1.66. The van der Waals surface area contributed by atoms with Gasteiger partial charge in [0.15, 0.2) is 5.72 Å². The van der Waals surface area contributed by atoms with Gasteiger partial charge in [-0.25, -0.2) is 4.79 Å². The van der Waals surface area contributed by atoms with Gasteiger partial charge in [0.25, 0.3) is 0 Å². The number of fused-ring (bicyclic) bond motifs is 4. The third-order valence-corrected chi connectivity index (χ3v) is 4.76. The van der Waals surface area contributed by atoms with E-state index in [1.807, 2.05) is 30.9 Å². The Morgan fingerprint density at radius 1 is 1.43 bits per heavy atom. The van der Waals surface area contributed by atoms with E-state index in [0.717, 1.165) is 41.9 Å². The monoisotopic (exact) mass is 288 g/mol. The predicted octanol–water partition coefficient (Wildman–Crippen LogP) is 2.73. The van der Waals surface area contributed by atoms with Crippen LogP contribution in [0.15, 0.2) is 12.1 Å². The molecule has 1 aromatic carbocycles. The summed E-state index contributed by atoms with van der Waals surface area (Å²) in [6.45, 7) is 4.06. The Balaban J connectivity index is 1.81. The van der Waals surface area contributed by atoms with Crippen molar-refractivity contribution in [2.45, 2.75) is 50.9 Å². The molecular weight excluding hydrogens is 268 g/mol. The fourth-order valence-corrected chi connectivity index (χ4v) is 3.73. The second-order valence-corrected chi connectivity index (χ2v) is 6.44. The van der Waals surface area contributed by atoms with Crippen molar-refractivity contribution in [1.82, 2.24) is 10.2 Å². The minimum absolute atomic E-state index is 0.00267. The number of nitrogens with zero attached hydrogens (tertiary/aromatic N) is 1. The van der Waals surface area contributed by atoms with Gasteiger partial charge in [0.2, 0.25) is 0 Å². The van der Waals surface area contributed by atoms with Crippen LogP contribution in [0.1, 0.15) is 43.4 Å². The maximum absolute atomic E-state index is 12.4. The first kappa shape index (κ1) is 12.8. The molecule has 2 heterocycles. The van der Waals surface area contributed by atoms with Crippen molar-refractivity contribution in [3.05, 3.63) is 23.3 Å². The first-order valence-corrected chi connectivity index (χ1v) is 7.49. The van der Waals surface area contributed by atoms with Crippen LogP contribution >= 0.6 is 0 Å². The van der Waals surface area contributed by atoms with Crippen LogP contribution in [0.4, 0.5) is 4.79 Å². The van der Waals surface area contributed by atoms with Gasteiger partial charge < -0.3 is 14.8 Å². The Morgan fingerprint density at radius 3 is 2.86 bits per heavy atom. The van der Waals surface area contributed by atoms with Gasteiger partial charge in [0, 0.05) is 24.1 Å². The Bertz CT molecular complexity index is 626. The van der Waals surface area contributed by atoms with Gasteiger partial charge in [-0.05, 0) is 38.3 Å². The summed E-state index contributed by atoms with van der Waals surface area (Å²) < 4.78 is 11.6. The normalized spacial score (nSPS) is 30.3. The van der Waals surface area contributed by atoms with Crippen LogP contribution in [-0.4, -0.2) is 29.8 Å². The fourth-order valence-electron chi connectivity index (χ4n) is 3.73. The van der Waals surface area contributed by atoms with E-state index in [1.165, 1.54) is 0 Å². The molecule has 0 spiro atoms. The highest BCUT2D eigenvalue weighted by atomic mass is 16.5. The molecule has 1 saturated carbocycles. The van der Waals surface area contributed by atoms with Crippen molar-refractivity contribution in [3.8, 4) is 11.5 Å². The molecule has 21 heavy (non-hydrogen) atoms. The third kappa shape index (κ3) is 1.79. The van der Waals surface area contributed by atoms with Crippen molar-refractivity contribution in [2.24, 2.45) is 0 Å². The molecule has 1 N–H and O–H groups in total. The molecule has 112 valence electrons. The minimum Gasteiger partial charge on any atom is -0.497 e. The van der Waals surface area contributed by atoms with Crippen molar-refractivity contribution in [1.29, 1.82) is 0 Å². The summed E-state index contributed by atoms with van der Waals surface area (Å²) in [5.74, 6) is 1.62. The Morgan fingerprint density at radius 2 is 2.19 bits per heavy atom. The van der Waals surface area contributed by atoms with Crippen molar-refractivity contribution < 1.29 is 14.3 Å². The maximum Gasteiger partial charge on any atom is 0.321 e. The van der Waals surface area contributed by atoms with Gasteiger partial charge in [-0.2, -0.15) is 0 Å². The second-order valence-electron chi connectivity index (χ2n) is 6.44. The molecule has 2 atom stereocenters. The zero-order chi connectivity index (χ0) is 14.8. The molecule has 1 saturated heterocycles. The van der Waals surface area contributed by atoms with Crippen molar-refractivity contribution in [2.75, 3.05) is 7.11 Å². The van der Waals surface area contributed by atoms with E-state index in [0.29, 0.717) is 6.04 Å². The SMILES string of the molecule is COc1cc(C)c2c(c1)OC1(C)CC2NC(=O)N1C1CC1. The molecule has 2 fully saturated rings. The third-order valence-electron chi connectivity index (χ3n) is 4.76. The highest BCUT2D eigenvalue weighted by Crippen LogP contribution is 2.49. The van der Waals surface area contributed by atoms with Gasteiger partial charge >= 0.3 is 6.03 Å². The lowest BCUT2D eigenvalue weighted by Gasteiger charge is -2.51. The largest absolute Gasteiger partial charge is 0.497 e. The second kappa shape index (κ2) is 4.06. The van der Waals surface area contributed by atoms with Gasteiger partial charge in [0.05, 0.1) is 13.2 Å². The number of ether oxygens (including phenoxy) is 2. The quantitative estimate of drug-likeness (QED) is 0.910. The molecule has 1 aromatic rings. The number of aryl methyl sites for hydroxylation is 1. The number of carbonyl (C=O) groups excluding carboxylic acids is 1. The van der Waals surface area contributed by atoms with E-state index >= 15 is 0 Å². The summed E-state index contributed by atoms with van der Waals surface area (Å²) in [5.41, 5.74) is 1.62. The standard InChI is InChI=1S/C16H20N2O3/c1-9-6-11(20-3)7-13-14(9)12-8-16(2,21-13)18(10-4-5-10)15(19)17-12/h6-7,10,12H,4-5,8H2,1-3H3,(H,17,19). The molecule has 5 nitrogen and oxygen atoms in total. The van der Waals surface area contributed by atoms with Crippen LogP contribution < -0.4 is 14.8 Å². The fraction of sp³-hybridized carbons (Fsp3) is 0.562. The number of carbonyl (C=O) groups is 1. The summed E-state index contributed by atoms with van der Waals surface area (Å²) in [6.07, 6.45) is 2.93. The van der Waals surface area contributed by atoms with Crippen molar-refractivity contribution >= 4 is 6.03 Å². The lowest BCUT2D eigenvalue weighted by Crippen LogP contribution is -2.65. The summed E-state index contributed by atoms with van der Waals surface area (Å²) in [6, 6.07) is 4.26. The lowest BCUT2D eigenvalue weighted by molar-refractivity contribution is -0.0880. The molecular formula is C16H20N2O3. The summed E-state index contributed by atoms with van der Waals surface area (Å²) >= 11 is 0. The van der Waals surface area contributed by atoms with E-state index in [-0.39, 0.29) is 12.1 Å². The summed E-state index contributed by atoms with van der Waals surface area (Å²) in [5, 5.41) is 3.15. The lowest BCUT2D eigenvalue weighted by atomic mass is 9.87. The molecule has 0 radical (unpaired) electrons. The van der Waals surface area contributed by atoms with Crippen LogP contribution in [-0.2, 0) is 0 Å². The molecule has 4 rings (SSSR count). The van der Waals surface area contributed by atoms with Gasteiger partial charge in [0.1, 0.15) is 11.5 Å². The number of rotatable bonds is 2. The molecule has 0 aromatic heterocycles.